The predicted molar refractivity (Wildman–Crippen MR) is 146 cm³/mol. The number of amides is 1. The van der Waals surface area contributed by atoms with Crippen LogP contribution >= 0.6 is 0 Å². The zero-order valence-electron chi connectivity index (χ0n) is 22.2. The number of nitrogens with zero attached hydrogens (tertiary/aromatic N) is 3. The van der Waals surface area contributed by atoms with Crippen molar-refractivity contribution in [2.75, 3.05) is 18.9 Å². The Morgan fingerprint density at radius 2 is 1.90 bits per heavy atom. The molecule has 11 heteroatoms. The van der Waals surface area contributed by atoms with Crippen molar-refractivity contribution >= 4 is 22.8 Å². The molecule has 2 aliphatic heterocycles. The van der Waals surface area contributed by atoms with Crippen molar-refractivity contribution in [3.8, 4) is 11.1 Å². The van der Waals surface area contributed by atoms with E-state index >= 15 is 0 Å². The van der Waals surface area contributed by atoms with Gasteiger partial charge < -0.3 is 29.8 Å². The standard InChI is InChI=1S/C30H29F2N5O4/c31-21-2-1-3-22(32)27(21)16-4-5-17(34-11-16)12-37(25-15-39-9-8-26(25)41-18-6-7-18)30(38)24-10-23-28(35-24)19-13-40-14-20(19)29(33)36-23/h1-5,10-11,18,25-26,35H,6-9,12-15H2,(H2,33,36)/t25-,26-/m1/s1. The average Bonchev–Trinajstić information content (AvgIpc) is 3.46. The van der Waals surface area contributed by atoms with E-state index in [0.29, 0.717) is 61.1 Å². The van der Waals surface area contributed by atoms with Crippen molar-refractivity contribution in [2.24, 2.45) is 0 Å². The monoisotopic (exact) mass is 561 g/mol. The number of fused-ring (bicyclic) bond motifs is 3. The maximum atomic E-state index is 14.4. The van der Waals surface area contributed by atoms with Crippen molar-refractivity contribution in [1.29, 1.82) is 0 Å². The summed E-state index contributed by atoms with van der Waals surface area (Å²) in [4.78, 5) is 28.1. The highest BCUT2D eigenvalue weighted by Crippen LogP contribution is 2.33. The molecule has 3 aromatic heterocycles. The van der Waals surface area contributed by atoms with Gasteiger partial charge in [0, 0.05) is 29.5 Å². The van der Waals surface area contributed by atoms with Crippen LogP contribution in [0, 0.1) is 11.6 Å². The molecule has 7 rings (SSSR count). The number of hydrogen-bond acceptors (Lipinski definition) is 7. The van der Waals surface area contributed by atoms with Gasteiger partial charge >= 0.3 is 0 Å². The molecular weight excluding hydrogens is 532 g/mol. The molecule has 5 heterocycles. The number of ether oxygens (including phenoxy) is 3. The van der Waals surface area contributed by atoms with Crippen LogP contribution in [0.15, 0.2) is 42.6 Å². The normalized spacial score (nSPS) is 20.3. The SMILES string of the molecule is Nc1nc2cc(C(=O)N(Cc3ccc(-c4c(F)cccc4F)cn3)[C@@H]3COCC[C@H]3OC3CC3)[nH]c2c2c1COC2. The molecule has 1 amide bonds. The van der Waals surface area contributed by atoms with Crippen LogP contribution in [0.25, 0.3) is 22.2 Å². The van der Waals surface area contributed by atoms with E-state index in [1.165, 1.54) is 24.4 Å². The van der Waals surface area contributed by atoms with Crippen molar-refractivity contribution in [2.45, 2.75) is 57.3 Å². The summed E-state index contributed by atoms with van der Waals surface area (Å²) in [7, 11) is 0. The Labute approximate surface area is 234 Å². The Morgan fingerprint density at radius 3 is 2.66 bits per heavy atom. The lowest BCUT2D eigenvalue weighted by molar-refractivity contribution is -0.0919. The van der Waals surface area contributed by atoms with Gasteiger partial charge in [-0.25, -0.2) is 13.8 Å². The molecule has 1 saturated heterocycles. The van der Waals surface area contributed by atoms with Gasteiger partial charge in [0.25, 0.3) is 5.91 Å². The molecule has 0 radical (unpaired) electrons. The van der Waals surface area contributed by atoms with Gasteiger partial charge in [-0.1, -0.05) is 12.1 Å². The number of carbonyl (C=O) groups is 1. The van der Waals surface area contributed by atoms with E-state index in [2.05, 4.69) is 15.0 Å². The summed E-state index contributed by atoms with van der Waals surface area (Å²) in [5, 5.41) is 0. The highest BCUT2D eigenvalue weighted by Gasteiger charge is 2.39. The fourth-order valence-corrected chi connectivity index (χ4v) is 5.67. The molecule has 212 valence electrons. The first-order valence-electron chi connectivity index (χ1n) is 13.8. The predicted octanol–water partition coefficient (Wildman–Crippen LogP) is 4.49. The lowest BCUT2D eigenvalue weighted by atomic mass is 10.0. The number of H-pyrrole nitrogens is 1. The quantitative estimate of drug-likeness (QED) is 0.342. The number of aromatic amines is 1. The van der Waals surface area contributed by atoms with Gasteiger partial charge in [-0.2, -0.15) is 0 Å². The van der Waals surface area contributed by atoms with E-state index in [-0.39, 0.29) is 36.3 Å². The molecule has 1 aromatic carbocycles. The van der Waals surface area contributed by atoms with Crippen LogP contribution in [0.4, 0.5) is 14.6 Å². The molecule has 3 N–H and O–H groups in total. The topological polar surface area (TPSA) is 116 Å². The Bertz CT molecular complexity index is 1600. The lowest BCUT2D eigenvalue weighted by Gasteiger charge is -2.39. The molecule has 9 nitrogen and oxygen atoms in total. The second-order valence-electron chi connectivity index (χ2n) is 10.8. The molecule has 0 bridgehead atoms. The maximum Gasteiger partial charge on any atom is 0.271 e. The zero-order valence-corrected chi connectivity index (χ0v) is 22.2. The number of halogens is 2. The van der Waals surface area contributed by atoms with E-state index in [9.17, 15) is 13.6 Å². The fraction of sp³-hybridized carbons (Fsp3) is 0.367. The van der Waals surface area contributed by atoms with E-state index in [1.807, 2.05) is 0 Å². The third-order valence-electron chi connectivity index (χ3n) is 7.96. The highest BCUT2D eigenvalue weighted by atomic mass is 19.1. The largest absolute Gasteiger partial charge is 0.383 e. The van der Waals surface area contributed by atoms with Crippen molar-refractivity contribution in [3.63, 3.8) is 0 Å². The molecular formula is C30H29F2N5O4. The summed E-state index contributed by atoms with van der Waals surface area (Å²) in [5.41, 5.74) is 10.3. The number of pyridine rings is 2. The summed E-state index contributed by atoms with van der Waals surface area (Å²) in [5.74, 6) is -1.20. The third-order valence-corrected chi connectivity index (χ3v) is 7.96. The van der Waals surface area contributed by atoms with E-state index in [0.717, 1.165) is 29.5 Å². The van der Waals surface area contributed by atoms with E-state index in [4.69, 9.17) is 19.9 Å². The van der Waals surface area contributed by atoms with Crippen molar-refractivity contribution in [1.82, 2.24) is 19.9 Å². The van der Waals surface area contributed by atoms with E-state index < -0.39 is 11.6 Å². The summed E-state index contributed by atoms with van der Waals surface area (Å²) >= 11 is 0. The van der Waals surface area contributed by atoms with Crippen LogP contribution in [-0.4, -0.2) is 57.2 Å². The number of hydrogen-bond donors (Lipinski definition) is 2. The first-order chi connectivity index (χ1) is 20.0. The summed E-state index contributed by atoms with van der Waals surface area (Å²) in [6.07, 6.45) is 4.12. The van der Waals surface area contributed by atoms with Gasteiger partial charge in [0.15, 0.2) is 0 Å². The Hall–Kier alpha value is -3.93. The summed E-state index contributed by atoms with van der Waals surface area (Å²) < 4.78 is 46.5. The molecule has 1 saturated carbocycles. The van der Waals surface area contributed by atoms with Crippen LogP contribution in [0.5, 0.6) is 0 Å². The van der Waals surface area contributed by atoms with Gasteiger partial charge in [0.1, 0.15) is 23.1 Å². The lowest BCUT2D eigenvalue weighted by Crippen LogP contribution is -2.53. The maximum absolute atomic E-state index is 14.4. The van der Waals surface area contributed by atoms with Crippen LogP contribution in [-0.2, 0) is 34.0 Å². The van der Waals surface area contributed by atoms with Gasteiger partial charge in [-0.3, -0.25) is 9.78 Å². The fourth-order valence-electron chi connectivity index (χ4n) is 5.67. The minimum atomic E-state index is -0.666. The van der Waals surface area contributed by atoms with Crippen molar-refractivity contribution in [3.05, 3.63) is 76.7 Å². The highest BCUT2D eigenvalue weighted by molar-refractivity contribution is 5.98. The minimum absolute atomic E-state index is 0.139. The Balaban J connectivity index is 1.23. The average molecular weight is 562 g/mol. The smallest absolute Gasteiger partial charge is 0.271 e. The summed E-state index contributed by atoms with van der Waals surface area (Å²) in [6, 6.07) is 8.38. The molecule has 4 aromatic rings. The molecule has 3 aliphatic rings. The number of rotatable bonds is 7. The molecule has 2 fully saturated rings. The third kappa shape index (κ3) is 4.94. The Morgan fingerprint density at radius 1 is 1.10 bits per heavy atom. The molecule has 1 aliphatic carbocycles. The first-order valence-corrected chi connectivity index (χ1v) is 13.8. The number of nitrogens with one attached hydrogen (secondary N) is 1. The Kier molecular flexibility index (Phi) is 6.64. The van der Waals surface area contributed by atoms with Gasteiger partial charge in [0.05, 0.1) is 66.9 Å². The van der Waals surface area contributed by atoms with Crippen LogP contribution < -0.4 is 5.73 Å². The molecule has 41 heavy (non-hydrogen) atoms. The zero-order chi connectivity index (χ0) is 28.1. The second-order valence-corrected chi connectivity index (χ2v) is 10.8. The number of carbonyl (C=O) groups excluding carboxylic acids is 1. The van der Waals surface area contributed by atoms with Gasteiger partial charge in [0.2, 0.25) is 0 Å². The van der Waals surface area contributed by atoms with Gasteiger partial charge in [-0.15, -0.1) is 0 Å². The van der Waals surface area contributed by atoms with E-state index in [1.54, 1.807) is 23.1 Å². The summed E-state index contributed by atoms with van der Waals surface area (Å²) in [6.45, 7) is 1.79. The molecule has 0 spiro atoms. The number of anilines is 1. The van der Waals surface area contributed by atoms with Crippen LogP contribution in [0.2, 0.25) is 0 Å². The number of aromatic nitrogens is 3. The number of nitrogen functional groups attached to an aromatic ring is 1. The number of benzene rings is 1. The van der Waals surface area contributed by atoms with Crippen LogP contribution in [0.1, 0.15) is 46.6 Å². The van der Waals surface area contributed by atoms with Crippen molar-refractivity contribution < 1.29 is 27.8 Å². The first kappa shape index (κ1) is 26.0. The second kappa shape index (κ2) is 10.5. The molecule has 2 atom stereocenters. The van der Waals surface area contributed by atoms with Gasteiger partial charge in [-0.05, 0) is 43.5 Å². The minimum Gasteiger partial charge on any atom is -0.383 e. The molecule has 0 unspecified atom stereocenters. The number of nitrogens with two attached hydrogens (primary N) is 1. The van der Waals surface area contributed by atoms with Crippen LogP contribution in [0.3, 0.4) is 0 Å².